The SMILES string of the molecule is O=C1NC(c2cc(Br)cc(Cl)c2O)Nc2sc3c(c21)CCCC3. The van der Waals surface area contributed by atoms with Crippen LogP contribution in [0.1, 0.15) is 45.4 Å². The van der Waals surface area contributed by atoms with Crippen LogP contribution in [0.5, 0.6) is 5.75 Å². The molecule has 1 atom stereocenters. The summed E-state index contributed by atoms with van der Waals surface area (Å²) in [5.41, 5.74) is 2.52. The first-order chi connectivity index (χ1) is 11.0. The third kappa shape index (κ3) is 2.53. The van der Waals surface area contributed by atoms with E-state index in [1.54, 1.807) is 23.5 Å². The van der Waals surface area contributed by atoms with Crippen LogP contribution < -0.4 is 10.6 Å². The van der Waals surface area contributed by atoms with E-state index in [2.05, 4.69) is 26.6 Å². The zero-order valence-electron chi connectivity index (χ0n) is 12.1. The Morgan fingerprint density at radius 3 is 2.87 bits per heavy atom. The number of hydrogen-bond donors (Lipinski definition) is 3. The predicted molar refractivity (Wildman–Crippen MR) is 95.6 cm³/mol. The first-order valence-corrected chi connectivity index (χ1v) is 9.43. The molecule has 4 rings (SSSR count). The summed E-state index contributed by atoms with van der Waals surface area (Å²) >= 11 is 11.1. The molecule has 3 N–H and O–H groups in total. The van der Waals surface area contributed by atoms with Crippen molar-refractivity contribution < 1.29 is 9.90 Å². The standard InChI is InChI=1S/C16H14BrClN2O2S/c17-7-5-9(13(21)10(18)6-7)14-19-15(22)12-8-3-1-2-4-11(8)23-16(12)20-14/h5-6,14,20-21H,1-4H2,(H,19,22). The molecule has 2 aromatic rings. The lowest BCUT2D eigenvalue weighted by molar-refractivity contribution is 0.0935. The molecular weight excluding hydrogens is 400 g/mol. The Bertz CT molecular complexity index is 821. The Morgan fingerprint density at radius 2 is 2.04 bits per heavy atom. The highest BCUT2D eigenvalue weighted by Crippen LogP contribution is 2.43. The minimum Gasteiger partial charge on any atom is -0.506 e. The molecule has 4 nitrogen and oxygen atoms in total. The largest absolute Gasteiger partial charge is 0.506 e. The van der Waals surface area contributed by atoms with Crippen LogP contribution in [-0.4, -0.2) is 11.0 Å². The van der Waals surface area contributed by atoms with Crippen molar-refractivity contribution in [3.8, 4) is 5.75 Å². The van der Waals surface area contributed by atoms with E-state index in [1.807, 2.05) is 0 Å². The molecule has 0 saturated heterocycles. The second-order valence-electron chi connectivity index (χ2n) is 5.79. The number of carbonyl (C=O) groups is 1. The van der Waals surface area contributed by atoms with Crippen LogP contribution in [0.4, 0.5) is 5.00 Å². The molecular formula is C16H14BrClN2O2S. The maximum Gasteiger partial charge on any atom is 0.256 e. The van der Waals surface area contributed by atoms with Gasteiger partial charge in [0.05, 0.1) is 10.6 Å². The highest BCUT2D eigenvalue weighted by atomic mass is 79.9. The van der Waals surface area contributed by atoms with Gasteiger partial charge in [0, 0.05) is 14.9 Å². The second kappa shape index (κ2) is 5.69. The Morgan fingerprint density at radius 1 is 1.26 bits per heavy atom. The van der Waals surface area contributed by atoms with E-state index in [0.29, 0.717) is 5.56 Å². The topological polar surface area (TPSA) is 61.4 Å². The van der Waals surface area contributed by atoms with E-state index in [-0.39, 0.29) is 16.7 Å². The van der Waals surface area contributed by atoms with Crippen molar-refractivity contribution in [2.24, 2.45) is 0 Å². The Hall–Kier alpha value is -1.24. The molecule has 1 aromatic heterocycles. The minimum atomic E-state index is -0.495. The number of fused-ring (bicyclic) bond motifs is 3. The molecule has 7 heteroatoms. The van der Waals surface area contributed by atoms with E-state index in [9.17, 15) is 9.90 Å². The number of phenols is 1. The second-order valence-corrected chi connectivity index (χ2v) is 8.22. The number of amides is 1. The van der Waals surface area contributed by atoms with Gasteiger partial charge >= 0.3 is 0 Å². The number of thiophene rings is 1. The summed E-state index contributed by atoms with van der Waals surface area (Å²) in [6.45, 7) is 0. The number of hydrogen-bond acceptors (Lipinski definition) is 4. The first kappa shape index (κ1) is 15.3. The van der Waals surface area contributed by atoms with Gasteiger partial charge in [0.2, 0.25) is 0 Å². The molecule has 1 aliphatic carbocycles. The zero-order chi connectivity index (χ0) is 16.1. The fourth-order valence-corrected chi connectivity index (χ4v) is 5.39. The summed E-state index contributed by atoms with van der Waals surface area (Å²) < 4.78 is 0.752. The number of anilines is 1. The summed E-state index contributed by atoms with van der Waals surface area (Å²) in [6, 6.07) is 3.39. The monoisotopic (exact) mass is 412 g/mol. The lowest BCUT2D eigenvalue weighted by atomic mass is 9.94. The average molecular weight is 414 g/mol. The summed E-state index contributed by atoms with van der Waals surface area (Å²) in [5.74, 6) is -0.101. The third-order valence-electron chi connectivity index (χ3n) is 4.32. The van der Waals surface area contributed by atoms with E-state index < -0.39 is 6.17 Å². The van der Waals surface area contributed by atoms with Gasteiger partial charge in [-0.2, -0.15) is 0 Å². The van der Waals surface area contributed by atoms with Crippen molar-refractivity contribution >= 4 is 49.8 Å². The van der Waals surface area contributed by atoms with Gasteiger partial charge in [-0.3, -0.25) is 4.79 Å². The maximum absolute atomic E-state index is 12.6. The fraction of sp³-hybridized carbons (Fsp3) is 0.312. The number of benzene rings is 1. The molecule has 1 unspecified atom stereocenters. The predicted octanol–water partition coefficient (Wildman–Crippen LogP) is 4.60. The van der Waals surface area contributed by atoms with Gasteiger partial charge in [0.25, 0.3) is 5.91 Å². The van der Waals surface area contributed by atoms with Crippen molar-refractivity contribution in [2.75, 3.05) is 5.32 Å². The quantitative estimate of drug-likeness (QED) is 0.640. The number of carbonyl (C=O) groups excluding carboxylic acids is 1. The molecule has 2 heterocycles. The van der Waals surface area contributed by atoms with Gasteiger partial charge in [0.15, 0.2) is 0 Å². The van der Waals surface area contributed by atoms with Crippen LogP contribution in [0.25, 0.3) is 0 Å². The van der Waals surface area contributed by atoms with Gasteiger partial charge in [-0.25, -0.2) is 0 Å². The summed E-state index contributed by atoms with van der Waals surface area (Å²) in [6.07, 6.45) is 3.83. The van der Waals surface area contributed by atoms with E-state index >= 15 is 0 Å². The molecule has 2 aliphatic rings. The first-order valence-electron chi connectivity index (χ1n) is 7.44. The van der Waals surface area contributed by atoms with Gasteiger partial charge in [-0.05, 0) is 43.4 Å². The van der Waals surface area contributed by atoms with Crippen LogP contribution in [-0.2, 0) is 12.8 Å². The molecule has 0 spiro atoms. The average Bonchev–Trinajstić information content (AvgIpc) is 2.89. The lowest BCUT2D eigenvalue weighted by Crippen LogP contribution is -2.38. The van der Waals surface area contributed by atoms with Gasteiger partial charge in [-0.1, -0.05) is 27.5 Å². The van der Waals surface area contributed by atoms with Crippen LogP contribution in [0.3, 0.4) is 0 Å². The zero-order valence-corrected chi connectivity index (χ0v) is 15.2. The maximum atomic E-state index is 12.6. The molecule has 120 valence electrons. The molecule has 0 radical (unpaired) electrons. The Kier molecular flexibility index (Phi) is 3.78. The fourth-order valence-electron chi connectivity index (χ4n) is 3.24. The van der Waals surface area contributed by atoms with Gasteiger partial charge < -0.3 is 15.7 Å². The van der Waals surface area contributed by atoms with Crippen molar-refractivity contribution in [3.05, 3.63) is 43.2 Å². The molecule has 0 fully saturated rings. The van der Waals surface area contributed by atoms with Crippen molar-refractivity contribution in [3.63, 3.8) is 0 Å². The van der Waals surface area contributed by atoms with E-state index in [4.69, 9.17) is 11.6 Å². The van der Waals surface area contributed by atoms with Gasteiger partial charge in [-0.15, -0.1) is 11.3 Å². The molecule has 1 aromatic carbocycles. The summed E-state index contributed by atoms with van der Waals surface area (Å²) in [4.78, 5) is 13.9. The Balaban J connectivity index is 1.76. The lowest BCUT2D eigenvalue weighted by Gasteiger charge is -2.27. The molecule has 1 aliphatic heterocycles. The molecule has 0 bridgehead atoms. The third-order valence-corrected chi connectivity index (χ3v) is 6.29. The number of rotatable bonds is 1. The van der Waals surface area contributed by atoms with Crippen LogP contribution in [0.2, 0.25) is 5.02 Å². The van der Waals surface area contributed by atoms with Crippen LogP contribution >= 0.6 is 38.9 Å². The van der Waals surface area contributed by atoms with Gasteiger partial charge in [0.1, 0.15) is 16.9 Å². The van der Waals surface area contributed by atoms with Crippen LogP contribution in [0, 0.1) is 0 Å². The minimum absolute atomic E-state index is 0.0163. The smallest absolute Gasteiger partial charge is 0.256 e. The van der Waals surface area contributed by atoms with Crippen molar-refractivity contribution in [2.45, 2.75) is 31.8 Å². The molecule has 0 saturated carbocycles. The van der Waals surface area contributed by atoms with E-state index in [0.717, 1.165) is 34.3 Å². The number of aryl methyl sites for hydroxylation is 1. The highest BCUT2D eigenvalue weighted by molar-refractivity contribution is 9.10. The van der Waals surface area contributed by atoms with Crippen molar-refractivity contribution in [1.29, 1.82) is 0 Å². The number of nitrogens with one attached hydrogen (secondary N) is 2. The van der Waals surface area contributed by atoms with Crippen LogP contribution in [0.15, 0.2) is 16.6 Å². The summed E-state index contributed by atoms with van der Waals surface area (Å²) in [7, 11) is 0. The molecule has 23 heavy (non-hydrogen) atoms. The number of phenolic OH excluding ortho intramolecular Hbond substituents is 1. The van der Waals surface area contributed by atoms with E-state index in [1.165, 1.54) is 16.9 Å². The molecule has 1 amide bonds. The van der Waals surface area contributed by atoms with Crippen molar-refractivity contribution in [1.82, 2.24) is 5.32 Å². The normalized spacial score (nSPS) is 19.6. The number of aromatic hydroxyl groups is 1. The number of halogens is 2. The summed E-state index contributed by atoms with van der Waals surface area (Å²) in [5, 5.41) is 17.7. The Labute approximate surface area is 151 Å². The highest BCUT2D eigenvalue weighted by Gasteiger charge is 2.33.